The Morgan fingerprint density at radius 2 is 2.00 bits per heavy atom. The summed E-state index contributed by atoms with van der Waals surface area (Å²) in [4.78, 5) is 28.0. The third-order valence-corrected chi connectivity index (χ3v) is 3.65. The Morgan fingerprint density at radius 3 is 2.68 bits per heavy atom. The molecule has 0 aliphatic heterocycles. The Bertz CT molecular complexity index is 700. The average molecular weight is 318 g/mol. The second kappa shape index (κ2) is 7.65. The summed E-state index contributed by atoms with van der Waals surface area (Å²) in [5.74, 6) is 0. The minimum absolute atomic E-state index is 0.0862. The van der Waals surface area contributed by atoms with E-state index in [9.17, 15) is 9.59 Å². The number of nitrogens with zero attached hydrogens (tertiary/aromatic N) is 2. The molecule has 0 radical (unpaired) electrons. The Hall–Kier alpha value is -2.28. The molecule has 0 unspecified atom stereocenters. The maximum Gasteiger partial charge on any atom is 0.316 e. The molecule has 0 atom stereocenters. The van der Waals surface area contributed by atoms with Gasteiger partial charge in [0.15, 0.2) is 5.16 Å². The van der Waals surface area contributed by atoms with E-state index >= 15 is 0 Å². The number of carbonyl (C=O) groups excluding carboxylic acids is 1. The van der Waals surface area contributed by atoms with Crippen molar-refractivity contribution >= 4 is 17.8 Å². The van der Waals surface area contributed by atoms with Gasteiger partial charge in [0.05, 0.1) is 0 Å². The van der Waals surface area contributed by atoms with Gasteiger partial charge in [-0.25, -0.2) is 9.78 Å². The summed E-state index contributed by atoms with van der Waals surface area (Å²) in [5.41, 5.74) is 1.50. The van der Waals surface area contributed by atoms with Gasteiger partial charge < -0.3 is 10.6 Å². The molecule has 0 spiro atoms. The smallest absolute Gasteiger partial charge is 0.316 e. The molecule has 116 valence electrons. The van der Waals surface area contributed by atoms with Crippen LogP contribution in [0.1, 0.15) is 11.3 Å². The number of hydrogen-bond donors (Lipinski definition) is 2. The van der Waals surface area contributed by atoms with E-state index in [1.165, 1.54) is 22.4 Å². The van der Waals surface area contributed by atoms with Crippen molar-refractivity contribution in [2.75, 3.05) is 6.26 Å². The highest BCUT2D eigenvalue weighted by atomic mass is 32.2. The molecule has 1 heterocycles. The fourth-order valence-electron chi connectivity index (χ4n) is 1.89. The first-order chi connectivity index (χ1) is 10.6. The van der Waals surface area contributed by atoms with Crippen LogP contribution in [-0.4, -0.2) is 21.8 Å². The summed E-state index contributed by atoms with van der Waals surface area (Å²) in [7, 11) is 0. The number of nitrogens with one attached hydrogen (secondary N) is 2. The van der Waals surface area contributed by atoms with E-state index < -0.39 is 0 Å². The molecule has 0 bridgehead atoms. The van der Waals surface area contributed by atoms with E-state index in [2.05, 4.69) is 15.6 Å². The molecule has 1 aromatic heterocycles. The van der Waals surface area contributed by atoms with Crippen LogP contribution in [0, 0.1) is 6.92 Å². The second-order valence-corrected chi connectivity index (χ2v) is 5.43. The SMILES string of the molecule is CSc1nc(C)cc(=O)n1CNC(=O)NCc1ccccc1. The normalized spacial score (nSPS) is 10.3. The molecule has 22 heavy (non-hydrogen) atoms. The van der Waals surface area contributed by atoms with Gasteiger partial charge in [0.25, 0.3) is 5.56 Å². The lowest BCUT2D eigenvalue weighted by molar-refractivity contribution is 0.237. The van der Waals surface area contributed by atoms with E-state index in [1.807, 2.05) is 36.6 Å². The second-order valence-electron chi connectivity index (χ2n) is 4.65. The van der Waals surface area contributed by atoms with Gasteiger partial charge in [-0.15, -0.1) is 0 Å². The van der Waals surface area contributed by atoms with Crippen molar-refractivity contribution in [1.29, 1.82) is 0 Å². The zero-order valence-corrected chi connectivity index (χ0v) is 13.3. The van der Waals surface area contributed by atoms with E-state index in [0.717, 1.165) is 5.56 Å². The van der Waals surface area contributed by atoms with Crippen molar-refractivity contribution in [3.05, 3.63) is 58.0 Å². The van der Waals surface area contributed by atoms with Crippen LogP contribution in [-0.2, 0) is 13.2 Å². The Kier molecular flexibility index (Phi) is 5.60. The number of rotatable bonds is 5. The first-order valence-corrected chi connectivity index (χ1v) is 8.00. The van der Waals surface area contributed by atoms with E-state index in [0.29, 0.717) is 17.4 Å². The third kappa shape index (κ3) is 4.36. The lowest BCUT2D eigenvalue weighted by Crippen LogP contribution is -2.39. The van der Waals surface area contributed by atoms with Gasteiger partial charge >= 0.3 is 6.03 Å². The van der Waals surface area contributed by atoms with Gasteiger partial charge in [0, 0.05) is 18.3 Å². The van der Waals surface area contributed by atoms with E-state index in [4.69, 9.17) is 0 Å². The Balaban J connectivity index is 1.93. The molecule has 0 saturated heterocycles. The highest BCUT2D eigenvalue weighted by Crippen LogP contribution is 2.08. The molecule has 2 rings (SSSR count). The van der Waals surface area contributed by atoms with Crippen molar-refractivity contribution in [1.82, 2.24) is 20.2 Å². The predicted molar refractivity (Wildman–Crippen MR) is 86.8 cm³/mol. The molecular formula is C15H18N4O2S. The Labute approximate surface area is 133 Å². The van der Waals surface area contributed by atoms with Gasteiger partial charge in [-0.05, 0) is 18.7 Å². The number of aromatic nitrogens is 2. The van der Waals surface area contributed by atoms with Crippen LogP contribution in [0.25, 0.3) is 0 Å². The summed E-state index contributed by atoms with van der Waals surface area (Å²) in [6, 6.07) is 10.7. The van der Waals surface area contributed by atoms with Crippen LogP contribution in [0.2, 0.25) is 0 Å². The highest BCUT2D eigenvalue weighted by molar-refractivity contribution is 7.98. The van der Waals surface area contributed by atoms with Crippen molar-refractivity contribution in [2.24, 2.45) is 0 Å². The highest BCUT2D eigenvalue weighted by Gasteiger charge is 2.07. The lowest BCUT2D eigenvalue weighted by atomic mass is 10.2. The summed E-state index contributed by atoms with van der Waals surface area (Å²) in [5, 5.41) is 5.99. The van der Waals surface area contributed by atoms with Gasteiger partial charge in [0.1, 0.15) is 6.67 Å². The summed E-state index contributed by atoms with van der Waals surface area (Å²) < 4.78 is 1.43. The van der Waals surface area contributed by atoms with Crippen LogP contribution in [0.5, 0.6) is 0 Å². The number of urea groups is 1. The van der Waals surface area contributed by atoms with Crippen LogP contribution >= 0.6 is 11.8 Å². The van der Waals surface area contributed by atoms with Crippen molar-refractivity contribution < 1.29 is 4.79 Å². The largest absolute Gasteiger partial charge is 0.334 e. The summed E-state index contributed by atoms with van der Waals surface area (Å²) in [6.07, 6.45) is 1.84. The summed E-state index contributed by atoms with van der Waals surface area (Å²) in [6.45, 7) is 2.29. The first kappa shape index (κ1) is 16.1. The molecule has 7 heteroatoms. The molecular weight excluding hydrogens is 300 g/mol. The number of hydrogen-bond acceptors (Lipinski definition) is 4. The minimum Gasteiger partial charge on any atom is -0.334 e. The van der Waals surface area contributed by atoms with Crippen LogP contribution in [0.4, 0.5) is 4.79 Å². The molecule has 0 fully saturated rings. The molecule has 2 aromatic rings. The zero-order valence-electron chi connectivity index (χ0n) is 12.5. The molecule has 2 N–H and O–H groups in total. The van der Waals surface area contributed by atoms with Crippen LogP contribution in [0.15, 0.2) is 46.3 Å². The van der Waals surface area contributed by atoms with Gasteiger partial charge in [0.2, 0.25) is 0 Å². The predicted octanol–water partition coefficient (Wildman–Crippen LogP) is 1.73. The molecule has 0 aliphatic rings. The van der Waals surface area contributed by atoms with Gasteiger partial charge in [-0.2, -0.15) is 0 Å². The fourth-order valence-corrected chi connectivity index (χ4v) is 2.50. The lowest BCUT2D eigenvalue weighted by Gasteiger charge is -2.12. The summed E-state index contributed by atoms with van der Waals surface area (Å²) >= 11 is 1.37. The number of carbonyl (C=O) groups is 1. The number of amides is 2. The van der Waals surface area contributed by atoms with Gasteiger partial charge in [-0.3, -0.25) is 9.36 Å². The molecule has 0 saturated carbocycles. The first-order valence-electron chi connectivity index (χ1n) is 6.78. The number of aryl methyl sites for hydroxylation is 1. The van der Waals surface area contributed by atoms with E-state index in [1.54, 1.807) is 6.92 Å². The third-order valence-electron chi connectivity index (χ3n) is 2.98. The monoisotopic (exact) mass is 318 g/mol. The topological polar surface area (TPSA) is 76.0 Å². The molecule has 1 aromatic carbocycles. The molecule has 2 amide bonds. The van der Waals surface area contributed by atoms with Crippen molar-refractivity contribution in [3.63, 3.8) is 0 Å². The minimum atomic E-state index is -0.330. The maximum absolute atomic E-state index is 11.9. The molecule has 0 aliphatic carbocycles. The van der Waals surface area contributed by atoms with E-state index in [-0.39, 0.29) is 18.3 Å². The quantitative estimate of drug-likeness (QED) is 0.650. The average Bonchev–Trinajstić information content (AvgIpc) is 2.52. The standard InChI is InChI=1S/C15H18N4O2S/c1-11-8-13(20)19(15(18-11)22-2)10-17-14(21)16-9-12-6-4-3-5-7-12/h3-8H,9-10H2,1-2H3,(H2,16,17,21). The zero-order chi connectivity index (χ0) is 15.9. The number of benzene rings is 1. The van der Waals surface area contributed by atoms with Crippen molar-refractivity contribution in [2.45, 2.75) is 25.3 Å². The number of thioether (sulfide) groups is 1. The Morgan fingerprint density at radius 1 is 1.27 bits per heavy atom. The van der Waals surface area contributed by atoms with Crippen LogP contribution in [0.3, 0.4) is 0 Å². The van der Waals surface area contributed by atoms with Gasteiger partial charge in [-0.1, -0.05) is 42.1 Å². The van der Waals surface area contributed by atoms with Crippen molar-refractivity contribution in [3.8, 4) is 0 Å². The van der Waals surface area contributed by atoms with Crippen LogP contribution < -0.4 is 16.2 Å². The molecule has 6 nitrogen and oxygen atoms in total. The maximum atomic E-state index is 11.9. The fraction of sp³-hybridized carbons (Fsp3) is 0.267.